The van der Waals surface area contributed by atoms with Gasteiger partial charge in [0, 0.05) is 18.4 Å². The summed E-state index contributed by atoms with van der Waals surface area (Å²) in [6, 6.07) is 4.48. The molecule has 0 radical (unpaired) electrons. The largest absolute Gasteiger partial charge is 0.327 e. The molecule has 1 heterocycles. The van der Waals surface area contributed by atoms with Gasteiger partial charge in [0.1, 0.15) is 0 Å². The average molecular weight is 218 g/mol. The first-order valence-electron chi connectivity index (χ1n) is 6.44. The number of hydrogen-bond acceptors (Lipinski definition) is 2. The highest BCUT2D eigenvalue weighted by Crippen LogP contribution is 2.34. The van der Waals surface area contributed by atoms with Crippen LogP contribution in [0.3, 0.4) is 0 Å². The van der Waals surface area contributed by atoms with Gasteiger partial charge in [-0.3, -0.25) is 4.98 Å². The molecule has 1 aliphatic rings. The van der Waals surface area contributed by atoms with Crippen molar-refractivity contribution in [2.24, 2.45) is 17.6 Å². The Morgan fingerprint density at radius 1 is 1.38 bits per heavy atom. The van der Waals surface area contributed by atoms with E-state index in [-0.39, 0.29) is 0 Å². The molecule has 0 spiro atoms. The van der Waals surface area contributed by atoms with Crippen LogP contribution in [0.25, 0.3) is 0 Å². The summed E-state index contributed by atoms with van der Waals surface area (Å²) in [6.45, 7) is 2.29. The fourth-order valence-electron chi connectivity index (χ4n) is 2.83. The van der Waals surface area contributed by atoms with Gasteiger partial charge in [-0.05, 0) is 48.8 Å². The summed E-state index contributed by atoms with van der Waals surface area (Å²) in [4.78, 5) is 4.03. The van der Waals surface area contributed by atoms with Crippen molar-refractivity contribution in [1.29, 1.82) is 0 Å². The second-order valence-electron chi connectivity index (χ2n) is 5.07. The van der Waals surface area contributed by atoms with E-state index in [1.54, 1.807) is 0 Å². The van der Waals surface area contributed by atoms with Crippen LogP contribution in [-0.2, 0) is 6.42 Å². The number of hydrogen-bond donors (Lipinski definition) is 1. The molecule has 1 aromatic rings. The summed E-state index contributed by atoms with van der Waals surface area (Å²) in [5, 5.41) is 0. The maximum atomic E-state index is 6.31. The highest BCUT2D eigenvalue weighted by atomic mass is 14.7. The van der Waals surface area contributed by atoms with E-state index in [4.69, 9.17) is 5.73 Å². The van der Waals surface area contributed by atoms with Gasteiger partial charge in [0.25, 0.3) is 0 Å². The van der Waals surface area contributed by atoms with Gasteiger partial charge in [0.2, 0.25) is 0 Å². The first-order valence-corrected chi connectivity index (χ1v) is 6.44. The molecule has 0 saturated heterocycles. The van der Waals surface area contributed by atoms with E-state index in [0.29, 0.717) is 6.04 Å². The van der Waals surface area contributed by atoms with E-state index in [2.05, 4.69) is 24.0 Å². The Bertz CT molecular complexity index is 310. The SMILES string of the molecule is CCC1CCC(C(N)Cc2ccncc2)C1. The van der Waals surface area contributed by atoms with E-state index in [0.717, 1.165) is 18.3 Å². The van der Waals surface area contributed by atoms with Gasteiger partial charge < -0.3 is 5.73 Å². The lowest BCUT2D eigenvalue weighted by Crippen LogP contribution is -2.30. The molecule has 0 aliphatic heterocycles. The van der Waals surface area contributed by atoms with Crippen LogP contribution in [-0.4, -0.2) is 11.0 Å². The molecule has 2 nitrogen and oxygen atoms in total. The zero-order chi connectivity index (χ0) is 11.4. The predicted octanol–water partition coefficient (Wildman–Crippen LogP) is 2.78. The van der Waals surface area contributed by atoms with E-state index >= 15 is 0 Å². The van der Waals surface area contributed by atoms with E-state index in [1.807, 2.05) is 12.4 Å². The molecule has 0 amide bonds. The molecule has 1 aromatic heterocycles. The van der Waals surface area contributed by atoms with Gasteiger partial charge in [0.15, 0.2) is 0 Å². The van der Waals surface area contributed by atoms with Crippen LogP contribution in [0, 0.1) is 11.8 Å². The third-order valence-corrected chi connectivity index (χ3v) is 3.99. The van der Waals surface area contributed by atoms with Crippen molar-refractivity contribution in [2.75, 3.05) is 0 Å². The van der Waals surface area contributed by atoms with Crippen LogP contribution in [0.15, 0.2) is 24.5 Å². The maximum absolute atomic E-state index is 6.31. The molecule has 2 heteroatoms. The molecule has 0 bridgehead atoms. The Balaban J connectivity index is 1.87. The molecular weight excluding hydrogens is 196 g/mol. The predicted molar refractivity (Wildman–Crippen MR) is 67.0 cm³/mol. The summed E-state index contributed by atoms with van der Waals surface area (Å²) in [7, 11) is 0. The number of rotatable bonds is 4. The molecule has 1 saturated carbocycles. The molecular formula is C14H22N2. The zero-order valence-electron chi connectivity index (χ0n) is 10.1. The van der Waals surface area contributed by atoms with E-state index in [9.17, 15) is 0 Å². The van der Waals surface area contributed by atoms with Crippen molar-refractivity contribution in [3.8, 4) is 0 Å². The van der Waals surface area contributed by atoms with Crippen LogP contribution in [0.1, 0.15) is 38.2 Å². The first kappa shape index (κ1) is 11.6. The number of pyridine rings is 1. The van der Waals surface area contributed by atoms with Crippen molar-refractivity contribution < 1.29 is 0 Å². The van der Waals surface area contributed by atoms with E-state index in [1.165, 1.54) is 31.2 Å². The van der Waals surface area contributed by atoms with Crippen molar-refractivity contribution in [3.63, 3.8) is 0 Å². The van der Waals surface area contributed by atoms with Crippen molar-refractivity contribution in [3.05, 3.63) is 30.1 Å². The first-order chi connectivity index (χ1) is 7.79. The minimum atomic E-state index is 0.332. The Kier molecular flexibility index (Phi) is 3.94. The smallest absolute Gasteiger partial charge is 0.0270 e. The third kappa shape index (κ3) is 2.82. The minimum Gasteiger partial charge on any atom is -0.327 e. The molecule has 0 aromatic carbocycles. The molecule has 1 fully saturated rings. The van der Waals surface area contributed by atoms with Gasteiger partial charge in [-0.25, -0.2) is 0 Å². The second kappa shape index (κ2) is 5.44. The molecule has 2 rings (SSSR count). The van der Waals surface area contributed by atoms with Crippen molar-refractivity contribution in [1.82, 2.24) is 4.98 Å². The van der Waals surface area contributed by atoms with Gasteiger partial charge in [-0.15, -0.1) is 0 Å². The van der Waals surface area contributed by atoms with Crippen molar-refractivity contribution >= 4 is 0 Å². The lowest BCUT2D eigenvalue weighted by atomic mass is 9.92. The van der Waals surface area contributed by atoms with Crippen LogP contribution < -0.4 is 5.73 Å². The Labute approximate surface area is 98.3 Å². The number of nitrogens with zero attached hydrogens (tertiary/aromatic N) is 1. The summed E-state index contributed by atoms with van der Waals surface area (Å²) in [5.74, 6) is 1.66. The van der Waals surface area contributed by atoms with Gasteiger partial charge >= 0.3 is 0 Å². The van der Waals surface area contributed by atoms with Crippen LogP contribution in [0.2, 0.25) is 0 Å². The summed E-state index contributed by atoms with van der Waals surface area (Å²) in [5.41, 5.74) is 7.63. The monoisotopic (exact) mass is 218 g/mol. The lowest BCUT2D eigenvalue weighted by molar-refractivity contribution is 0.405. The van der Waals surface area contributed by atoms with Gasteiger partial charge in [0.05, 0.1) is 0 Å². The highest BCUT2D eigenvalue weighted by molar-refractivity contribution is 5.11. The topological polar surface area (TPSA) is 38.9 Å². The Morgan fingerprint density at radius 3 is 2.75 bits per heavy atom. The van der Waals surface area contributed by atoms with Crippen LogP contribution in [0.4, 0.5) is 0 Å². The molecule has 2 N–H and O–H groups in total. The molecule has 88 valence electrons. The highest BCUT2D eigenvalue weighted by Gasteiger charge is 2.27. The zero-order valence-corrected chi connectivity index (χ0v) is 10.1. The average Bonchev–Trinajstić information content (AvgIpc) is 2.79. The van der Waals surface area contributed by atoms with Gasteiger partial charge in [-0.2, -0.15) is 0 Å². The molecule has 3 unspecified atom stereocenters. The second-order valence-corrected chi connectivity index (χ2v) is 5.07. The Hall–Kier alpha value is -0.890. The quantitative estimate of drug-likeness (QED) is 0.844. The lowest BCUT2D eigenvalue weighted by Gasteiger charge is -2.19. The van der Waals surface area contributed by atoms with E-state index < -0.39 is 0 Å². The maximum Gasteiger partial charge on any atom is 0.0270 e. The molecule has 16 heavy (non-hydrogen) atoms. The summed E-state index contributed by atoms with van der Waals surface area (Å²) >= 11 is 0. The molecule has 1 aliphatic carbocycles. The molecule has 3 atom stereocenters. The van der Waals surface area contributed by atoms with Crippen molar-refractivity contribution in [2.45, 2.75) is 45.1 Å². The normalized spacial score (nSPS) is 26.9. The third-order valence-electron chi connectivity index (χ3n) is 3.99. The fourth-order valence-corrected chi connectivity index (χ4v) is 2.83. The standard InChI is InChI=1S/C14H22N2/c1-2-11-3-4-13(9-11)14(15)10-12-5-7-16-8-6-12/h5-8,11,13-14H,2-4,9-10,15H2,1H3. The summed E-state index contributed by atoms with van der Waals surface area (Å²) < 4.78 is 0. The summed E-state index contributed by atoms with van der Waals surface area (Å²) in [6.07, 6.45) is 10.1. The fraction of sp³-hybridized carbons (Fsp3) is 0.643. The number of nitrogens with two attached hydrogens (primary N) is 1. The number of aromatic nitrogens is 1. The van der Waals surface area contributed by atoms with Gasteiger partial charge in [-0.1, -0.05) is 19.8 Å². The van der Waals surface area contributed by atoms with Crippen LogP contribution >= 0.6 is 0 Å². The Morgan fingerprint density at radius 2 is 2.12 bits per heavy atom. The van der Waals surface area contributed by atoms with Crippen LogP contribution in [0.5, 0.6) is 0 Å². The minimum absolute atomic E-state index is 0.332.